The van der Waals surface area contributed by atoms with E-state index in [-0.39, 0.29) is 5.78 Å². The van der Waals surface area contributed by atoms with E-state index in [1.165, 1.54) is 0 Å². The number of ketones is 1. The highest BCUT2D eigenvalue weighted by Gasteiger charge is 2.03. The Morgan fingerprint density at radius 1 is 1.11 bits per heavy atom. The molecule has 2 aromatic carbocycles. The standard InChI is InChI=1S/C17H16O2/c1-13-6-3-4-7-14(13)10-11-17(18)15-8-5-9-16(12-15)19-2/h3-12H,1-2H3/b11-10+. The van der Waals surface area contributed by atoms with Gasteiger partial charge in [0.05, 0.1) is 7.11 Å². The molecule has 0 amide bonds. The zero-order valence-electron chi connectivity index (χ0n) is 11.1. The van der Waals surface area contributed by atoms with Gasteiger partial charge in [-0.05, 0) is 36.3 Å². The Morgan fingerprint density at radius 3 is 2.63 bits per heavy atom. The molecule has 0 saturated carbocycles. The smallest absolute Gasteiger partial charge is 0.185 e. The van der Waals surface area contributed by atoms with E-state index in [1.54, 1.807) is 25.3 Å². The number of aryl methyl sites for hydroxylation is 1. The van der Waals surface area contributed by atoms with Gasteiger partial charge in [-0.25, -0.2) is 0 Å². The highest BCUT2D eigenvalue weighted by atomic mass is 16.5. The SMILES string of the molecule is COc1cccc(C(=O)/C=C/c2ccccc2C)c1. The second kappa shape index (κ2) is 6.01. The molecule has 2 nitrogen and oxygen atoms in total. The molecule has 0 unspecified atom stereocenters. The van der Waals surface area contributed by atoms with Crippen LogP contribution in [0.1, 0.15) is 21.5 Å². The molecule has 0 spiro atoms. The van der Waals surface area contributed by atoms with Crippen molar-refractivity contribution in [1.82, 2.24) is 0 Å². The fraction of sp³-hybridized carbons (Fsp3) is 0.118. The summed E-state index contributed by atoms with van der Waals surface area (Å²) in [5, 5.41) is 0. The molecule has 96 valence electrons. The predicted octanol–water partition coefficient (Wildman–Crippen LogP) is 3.90. The molecule has 0 atom stereocenters. The maximum absolute atomic E-state index is 12.1. The monoisotopic (exact) mass is 252 g/mol. The number of rotatable bonds is 4. The number of hydrogen-bond acceptors (Lipinski definition) is 2. The minimum absolute atomic E-state index is 0.0258. The molecule has 2 aromatic rings. The summed E-state index contributed by atoms with van der Waals surface area (Å²) in [4.78, 5) is 12.1. The minimum atomic E-state index is -0.0258. The first-order valence-electron chi connectivity index (χ1n) is 6.13. The second-order valence-electron chi connectivity index (χ2n) is 4.29. The van der Waals surface area contributed by atoms with E-state index in [1.807, 2.05) is 49.4 Å². The number of carbonyl (C=O) groups is 1. The van der Waals surface area contributed by atoms with E-state index < -0.39 is 0 Å². The Labute approximate surface area is 113 Å². The molecule has 0 aromatic heterocycles. The van der Waals surface area contributed by atoms with Crippen molar-refractivity contribution in [2.24, 2.45) is 0 Å². The molecular formula is C17H16O2. The van der Waals surface area contributed by atoms with Crippen molar-refractivity contribution < 1.29 is 9.53 Å². The molecule has 0 aliphatic rings. The highest BCUT2D eigenvalue weighted by Crippen LogP contribution is 2.14. The highest BCUT2D eigenvalue weighted by molar-refractivity contribution is 6.07. The summed E-state index contributed by atoms with van der Waals surface area (Å²) in [6.07, 6.45) is 3.44. The lowest BCUT2D eigenvalue weighted by Gasteiger charge is -2.01. The first-order valence-corrected chi connectivity index (χ1v) is 6.13. The van der Waals surface area contributed by atoms with Crippen LogP contribution in [-0.4, -0.2) is 12.9 Å². The fourth-order valence-corrected chi connectivity index (χ4v) is 1.81. The maximum atomic E-state index is 12.1. The number of methoxy groups -OCH3 is 1. The summed E-state index contributed by atoms with van der Waals surface area (Å²) < 4.78 is 5.11. The predicted molar refractivity (Wildman–Crippen MR) is 77.5 cm³/mol. The zero-order chi connectivity index (χ0) is 13.7. The lowest BCUT2D eigenvalue weighted by Crippen LogP contribution is -1.95. The third-order valence-electron chi connectivity index (χ3n) is 2.96. The number of allylic oxidation sites excluding steroid dienone is 1. The molecule has 0 heterocycles. The minimum Gasteiger partial charge on any atom is -0.497 e. The van der Waals surface area contributed by atoms with E-state index in [4.69, 9.17) is 4.74 Å². The van der Waals surface area contributed by atoms with Gasteiger partial charge in [0.25, 0.3) is 0 Å². The zero-order valence-corrected chi connectivity index (χ0v) is 11.1. The quantitative estimate of drug-likeness (QED) is 0.609. The van der Waals surface area contributed by atoms with Crippen LogP contribution in [0.3, 0.4) is 0 Å². The van der Waals surface area contributed by atoms with Crippen molar-refractivity contribution in [2.75, 3.05) is 7.11 Å². The van der Waals surface area contributed by atoms with Gasteiger partial charge < -0.3 is 4.74 Å². The molecule has 0 bridgehead atoms. The van der Waals surface area contributed by atoms with Crippen LogP contribution in [0.25, 0.3) is 6.08 Å². The van der Waals surface area contributed by atoms with Gasteiger partial charge in [0.2, 0.25) is 0 Å². The van der Waals surface area contributed by atoms with E-state index in [2.05, 4.69) is 0 Å². The van der Waals surface area contributed by atoms with Gasteiger partial charge in [-0.15, -0.1) is 0 Å². The first-order chi connectivity index (χ1) is 9.20. The lowest BCUT2D eigenvalue weighted by molar-refractivity contribution is 0.104. The molecule has 0 fully saturated rings. The van der Waals surface area contributed by atoms with Crippen molar-refractivity contribution in [1.29, 1.82) is 0 Å². The van der Waals surface area contributed by atoms with Crippen LogP contribution in [0.5, 0.6) is 5.75 Å². The van der Waals surface area contributed by atoms with Crippen LogP contribution in [0, 0.1) is 6.92 Å². The van der Waals surface area contributed by atoms with Gasteiger partial charge in [-0.3, -0.25) is 4.79 Å². The molecular weight excluding hydrogens is 236 g/mol. The van der Waals surface area contributed by atoms with Crippen LogP contribution in [0.4, 0.5) is 0 Å². The van der Waals surface area contributed by atoms with Gasteiger partial charge in [-0.2, -0.15) is 0 Å². The topological polar surface area (TPSA) is 26.3 Å². The van der Waals surface area contributed by atoms with Crippen molar-refractivity contribution in [2.45, 2.75) is 6.92 Å². The largest absolute Gasteiger partial charge is 0.497 e. The van der Waals surface area contributed by atoms with E-state index in [0.29, 0.717) is 11.3 Å². The van der Waals surface area contributed by atoms with Crippen LogP contribution in [0.2, 0.25) is 0 Å². The number of hydrogen-bond donors (Lipinski definition) is 0. The average Bonchev–Trinajstić information content (AvgIpc) is 2.46. The maximum Gasteiger partial charge on any atom is 0.185 e. The Hall–Kier alpha value is -2.35. The van der Waals surface area contributed by atoms with Crippen molar-refractivity contribution in [3.05, 3.63) is 71.3 Å². The molecule has 0 aliphatic heterocycles. The average molecular weight is 252 g/mol. The van der Waals surface area contributed by atoms with Gasteiger partial charge >= 0.3 is 0 Å². The third kappa shape index (κ3) is 3.32. The molecule has 0 radical (unpaired) electrons. The van der Waals surface area contributed by atoms with Crippen LogP contribution < -0.4 is 4.74 Å². The summed E-state index contributed by atoms with van der Waals surface area (Å²) in [5.41, 5.74) is 2.83. The molecule has 19 heavy (non-hydrogen) atoms. The summed E-state index contributed by atoms with van der Waals surface area (Å²) in [7, 11) is 1.59. The Kier molecular flexibility index (Phi) is 4.14. The number of benzene rings is 2. The molecule has 0 N–H and O–H groups in total. The third-order valence-corrected chi connectivity index (χ3v) is 2.96. The van der Waals surface area contributed by atoms with E-state index >= 15 is 0 Å². The normalized spacial score (nSPS) is 10.6. The summed E-state index contributed by atoms with van der Waals surface area (Å²) in [5.74, 6) is 0.664. The first kappa shape index (κ1) is 13.1. The summed E-state index contributed by atoms with van der Waals surface area (Å²) >= 11 is 0. The van der Waals surface area contributed by atoms with Crippen LogP contribution >= 0.6 is 0 Å². The summed E-state index contributed by atoms with van der Waals surface area (Å²) in [6.45, 7) is 2.02. The molecule has 2 rings (SSSR count). The van der Waals surface area contributed by atoms with Gasteiger partial charge in [0.15, 0.2) is 5.78 Å². The number of ether oxygens (including phenoxy) is 1. The van der Waals surface area contributed by atoms with Crippen LogP contribution in [0.15, 0.2) is 54.6 Å². The van der Waals surface area contributed by atoms with Gasteiger partial charge in [0.1, 0.15) is 5.75 Å². The van der Waals surface area contributed by atoms with Crippen LogP contribution in [-0.2, 0) is 0 Å². The molecule has 0 aliphatic carbocycles. The van der Waals surface area contributed by atoms with Gasteiger partial charge in [0, 0.05) is 5.56 Å². The summed E-state index contributed by atoms with van der Waals surface area (Å²) in [6, 6.07) is 15.1. The molecule has 0 saturated heterocycles. The lowest BCUT2D eigenvalue weighted by atomic mass is 10.1. The van der Waals surface area contributed by atoms with Crippen molar-refractivity contribution >= 4 is 11.9 Å². The van der Waals surface area contributed by atoms with E-state index in [0.717, 1.165) is 11.1 Å². The van der Waals surface area contributed by atoms with Gasteiger partial charge in [-0.1, -0.05) is 42.5 Å². The molecule has 2 heteroatoms. The fourth-order valence-electron chi connectivity index (χ4n) is 1.81. The van der Waals surface area contributed by atoms with E-state index in [9.17, 15) is 4.79 Å². The Bertz CT molecular complexity index is 612. The number of carbonyl (C=O) groups excluding carboxylic acids is 1. The Balaban J connectivity index is 2.19. The second-order valence-corrected chi connectivity index (χ2v) is 4.29. The van der Waals surface area contributed by atoms with Crippen molar-refractivity contribution in [3.8, 4) is 5.75 Å². The van der Waals surface area contributed by atoms with Crippen molar-refractivity contribution in [3.63, 3.8) is 0 Å². The Morgan fingerprint density at radius 2 is 1.89 bits per heavy atom.